The first-order valence-corrected chi connectivity index (χ1v) is 6.89. The van der Waals surface area contributed by atoms with E-state index < -0.39 is 0 Å². The maximum absolute atomic E-state index is 12.1. The van der Waals surface area contributed by atoms with Gasteiger partial charge >= 0.3 is 0 Å². The van der Waals surface area contributed by atoms with Gasteiger partial charge in [0.2, 0.25) is 0 Å². The molecule has 2 rings (SSSR count). The summed E-state index contributed by atoms with van der Waals surface area (Å²) < 4.78 is 1.92. The van der Waals surface area contributed by atoms with Crippen LogP contribution in [0.4, 0.5) is 0 Å². The third kappa shape index (κ3) is 2.83. The molecule has 4 nitrogen and oxygen atoms in total. The number of allylic oxidation sites excluding steroid dienone is 1. The highest BCUT2D eigenvalue weighted by Crippen LogP contribution is 2.25. The van der Waals surface area contributed by atoms with Crippen molar-refractivity contribution in [3.63, 3.8) is 0 Å². The van der Waals surface area contributed by atoms with Gasteiger partial charge < -0.3 is 4.90 Å². The monoisotopic (exact) mass is 253 g/mol. The topological polar surface area (TPSA) is 35.9 Å². The van der Waals surface area contributed by atoms with E-state index >= 15 is 0 Å². The molecule has 0 unspecified atom stereocenters. The minimum atomic E-state index is 0.0544. The molecule has 1 aliphatic carbocycles. The Labute approximate surface area is 107 Å². The van der Waals surface area contributed by atoms with Crippen molar-refractivity contribution in [3.05, 3.63) is 11.6 Å². The van der Waals surface area contributed by atoms with Gasteiger partial charge in [0.15, 0.2) is 5.71 Å². The summed E-state index contributed by atoms with van der Waals surface area (Å²) in [6.07, 6.45) is 5.35. The molecular formula is C12H19N3OS. The first kappa shape index (κ1) is 12.5. The molecule has 0 aromatic carbocycles. The van der Waals surface area contributed by atoms with Crippen molar-refractivity contribution in [2.75, 3.05) is 13.7 Å². The summed E-state index contributed by atoms with van der Waals surface area (Å²) >= 11 is 1.67. The van der Waals surface area contributed by atoms with E-state index in [1.165, 1.54) is 0 Å². The molecule has 94 valence electrons. The van der Waals surface area contributed by atoms with Crippen molar-refractivity contribution in [1.82, 2.24) is 9.31 Å². The lowest BCUT2D eigenvalue weighted by Crippen LogP contribution is -2.44. The van der Waals surface area contributed by atoms with Gasteiger partial charge in [0.05, 0.1) is 0 Å². The number of nitrogens with zero attached hydrogens (tertiary/aromatic N) is 3. The fourth-order valence-corrected chi connectivity index (χ4v) is 2.86. The molecule has 0 aromatic heterocycles. The Morgan fingerprint density at radius 1 is 1.47 bits per heavy atom. The van der Waals surface area contributed by atoms with Crippen molar-refractivity contribution in [1.29, 1.82) is 0 Å². The molecule has 0 bridgehead atoms. The molecule has 0 saturated heterocycles. The Bertz CT molecular complexity index is 376. The van der Waals surface area contributed by atoms with Crippen LogP contribution >= 0.6 is 11.9 Å². The summed E-state index contributed by atoms with van der Waals surface area (Å²) in [6, 6.07) is 0. The standard InChI is InChI=1S/C12H19N3OS/c1-9(2)17-15-8-14(3)12(16)11(13-15)10-6-4-5-7-10/h6,9H,4-5,7-8H2,1-3H3. The number of hydrazone groups is 1. The molecule has 0 spiro atoms. The maximum atomic E-state index is 12.1. The van der Waals surface area contributed by atoms with E-state index in [0.29, 0.717) is 17.6 Å². The molecule has 0 aromatic rings. The summed E-state index contributed by atoms with van der Waals surface area (Å²) in [4.78, 5) is 13.8. The van der Waals surface area contributed by atoms with Crippen molar-refractivity contribution in [2.24, 2.45) is 5.10 Å². The lowest BCUT2D eigenvalue weighted by molar-refractivity contribution is -0.124. The van der Waals surface area contributed by atoms with Crippen molar-refractivity contribution < 1.29 is 4.79 Å². The average molecular weight is 253 g/mol. The predicted octanol–water partition coefficient (Wildman–Crippen LogP) is 2.24. The zero-order valence-electron chi connectivity index (χ0n) is 10.6. The second-order valence-corrected chi connectivity index (χ2v) is 6.30. The Balaban J connectivity index is 2.20. The lowest BCUT2D eigenvalue weighted by Gasteiger charge is -2.31. The van der Waals surface area contributed by atoms with Crippen LogP contribution < -0.4 is 0 Å². The van der Waals surface area contributed by atoms with Crippen LogP contribution in [0.5, 0.6) is 0 Å². The van der Waals surface area contributed by atoms with E-state index in [-0.39, 0.29) is 5.91 Å². The quantitative estimate of drug-likeness (QED) is 0.724. The molecule has 17 heavy (non-hydrogen) atoms. The fourth-order valence-electron chi connectivity index (χ4n) is 2.00. The number of hydrogen-bond donors (Lipinski definition) is 0. The van der Waals surface area contributed by atoms with Gasteiger partial charge in [0.1, 0.15) is 6.67 Å². The van der Waals surface area contributed by atoms with Crippen LogP contribution in [0.1, 0.15) is 33.1 Å². The summed E-state index contributed by atoms with van der Waals surface area (Å²) in [5, 5.41) is 4.96. The zero-order chi connectivity index (χ0) is 12.4. The Morgan fingerprint density at radius 2 is 2.24 bits per heavy atom. The van der Waals surface area contributed by atoms with E-state index in [0.717, 1.165) is 24.8 Å². The highest BCUT2D eigenvalue weighted by molar-refractivity contribution is 7.97. The number of carbonyl (C=O) groups excluding carboxylic acids is 1. The highest BCUT2D eigenvalue weighted by atomic mass is 32.2. The summed E-state index contributed by atoms with van der Waals surface area (Å²) in [7, 11) is 1.83. The minimum absolute atomic E-state index is 0.0544. The third-order valence-corrected chi connectivity index (χ3v) is 3.63. The van der Waals surface area contributed by atoms with Gasteiger partial charge in [0.25, 0.3) is 5.91 Å². The predicted molar refractivity (Wildman–Crippen MR) is 71.6 cm³/mol. The largest absolute Gasteiger partial charge is 0.320 e. The van der Waals surface area contributed by atoms with Crippen LogP contribution in [0, 0.1) is 0 Å². The molecule has 5 heteroatoms. The van der Waals surface area contributed by atoms with Gasteiger partial charge in [-0.15, -0.1) is 0 Å². The van der Waals surface area contributed by atoms with Gasteiger partial charge in [-0.25, -0.2) is 4.41 Å². The molecule has 0 atom stereocenters. The van der Waals surface area contributed by atoms with Crippen molar-refractivity contribution in [2.45, 2.75) is 38.4 Å². The van der Waals surface area contributed by atoms with E-state index in [4.69, 9.17) is 0 Å². The first-order chi connectivity index (χ1) is 8.08. The highest BCUT2D eigenvalue weighted by Gasteiger charge is 2.28. The molecule has 1 aliphatic heterocycles. The number of hydrogen-bond acceptors (Lipinski definition) is 4. The van der Waals surface area contributed by atoms with Crippen LogP contribution in [0.25, 0.3) is 0 Å². The van der Waals surface area contributed by atoms with Crippen molar-refractivity contribution in [3.8, 4) is 0 Å². The molecule has 1 amide bonds. The Kier molecular flexibility index (Phi) is 3.76. The molecule has 0 fully saturated rings. The van der Waals surface area contributed by atoms with Crippen LogP contribution in [0.3, 0.4) is 0 Å². The summed E-state index contributed by atoms with van der Waals surface area (Å²) in [6.45, 7) is 4.83. The van der Waals surface area contributed by atoms with Crippen LogP contribution in [-0.4, -0.2) is 39.9 Å². The van der Waals surface area contributed by atoms with Gasteiger partial charge in [-0.1, -0.05) is 19.9 Å². The second-order valence-electron chi connectivity index (χ2n) is 4.72. The molecule has 0 saturated carbocycles. The second kappa shape index (κ2) is 5.12. The molecular weight excluding hydrogens is 234 g/mol. The zero-order valence-corrected chi connectivity index (χ0v) is 11.5. The normalized spacial score (nSPS) is 21.1. The third-order valence-electron chi connectivity index (χ3n) is 2.77. The van der Waals surface area contributed by atoms with Crippen LogP contribution in [-0.2, 0) is 4.79 Å². The maximum Gasteiger partial charge on any atom is 0.275 e. The minimum Gasteiger partial charge on any atom is -0.320 e. The SMILES string of the molecule is CC(C)SN1CN(C)C(=O)C(C2=CCCC2)=N1. The van der Waals surface area contributed by atoms with E-state index in [9.17, 15) is 4.79 Å². The lowest BCUT2D eigenvalue weighted by atomic mass is 10.1. The summed E-state index contributed by atoms with van der Waals surface area (Å²) in [5.41, 5.74) is 1.76. The molecule has 1 heterocycles. The smallest absolute Gasteiger partial charge is 0.275 e. The number of amides is 1. The Hall–Kier alpha value is -0.970. The molecule has 2 aliphatic rings. The average Bonchev–Trinajstić information content (AvgIpc) is 2.75. The van der Waals surface area contributed by atoms with Gasteiger partial charge in [-0.3, -0.25) is 4.79 Å². The van der Waals surface area contributed by atoms with E-state index in [2.05, 4.69) is 25.0 Å². The van der Waals surface area contributed by atoms with Gasteiger partial charge in [-0.05, 0) is 36.8 Å². The van der Waals surface area contributed by atoms with Crippen LogP contribution in [0.2, 0.25) is 0 Å². The summed E-state index contributed by atoms with van der Waals surface area (Å²) in [5.74, 6) is 0.0544. The van der Waals surface area contributed by atoms with E-state index in [1.807, 2.05) is 11.5 Å². The van der Waals surface area contributed by atoms with Gasteiger partial charge in [-0.2, -0.15) is 5.10 Å². The first-order valence-electron chi connectivity index (χ1n) is 6.05. The van der Waals surface area contributed by atoms with Gasteiger partial charge in [0, 0.05) is 12.3 Å². The number of rotatable bonds is 3. The fraction of sp³-hybridized carbons (Fsp3) is 0.667. The van der Waals surface area contributed by atoms with Crippen LogP contribution in [0.15, 0.2) is 16.8 Å². The molecule has 0 N–H and O–H groups in total. The number of carbonyl (C=O) groups is 1. The van der Waals surface area contributed by atoms with Crippen molar-refractivity contribution >= 4 is 23.6 Å². The molecule has 0 radical (unpaired) electrons. The van der Waals surface area contributed by atoms with E-state index in [1.54, 1.807) is 16.8 Å². The Morgan fingerprint density at radius 3 is 2.82 bits per heavy atom.